The molecule has 0 amide bonds. The zero-order valence-electron chi connectivity index (χ0n) is 14.3. The van der Waals surface area contributed by atoms with E-state index < -0.39 is 12.0 Å². The number of pyridine rings is 1. The third-order valence-electron chi connectivity index (χ3n) is 4.99. The van der Waals surface area contributed by atoms with Crippen molar-refractivity contribution >= 4 is 23.4 Å². The Hall–Kier alpha value is -2.31. The quantitative estimate of drug-likeness (QED) is 0.888. The lowest BCUT2D eigenvalue weighted by Gasteiger charge is -2.38. The van der Waals surface area contributed by atoms with Crippen molar-refractivity contribution in [2.45, 2.75) is 12.5 Å². The Morgan fingerprint density at radius 1 is 1.19 bits per heavy atom. The minimum absolute atomic E-state index is 0.608. The Bertz CT molecular complexity index is 804. The highest BCUT2D eigenvalue weighted by molar-refractivity contribution is 6.30. The summed E-state index contributed by atoms with van der Waals surface area (Å²) in [6, 6.07) is 8.83. The SMILES string of the molecule is O=C(O)C(c1cccc2c1OCC2)N1CCN(c2ccc(Cl)cn2)CC1. The summed E-state index contributed by atoms with van der Waals surface area (Å²) in [5, 5.41) is 10.5. The van der Waals surface area contributed by atoms with E-state index in [0.29, 0.717) is 37.8 Å². The fourth-order valence-corrected chi connectivity index (χ4v) is 3.82. The van der Waals surface area contributed by atoms with E-state index >= 15 is 0 Å². The number of piperazine rings is 1. The van der Waals surface area contributed by atoms with Gasteiger partial charge in [0.1, 0.15) is 17.6 Å². The van der Waals surface area contributed by atoms with Crippen molar-refractivity contribution in [3.05, 3.63) is 52.7 Å². The summed E-state index contributed by atoms with van der Waals surface area (Å²) in [6.07, 6.45) is 2.47. The van der Waals surface area contributed by atoms with Gasteiger partial charge in [-0.1, -0.05) is 29.8 Å². The molecule has 4 rings (SSSR count). The van der Waals surface area contributed by atoms with E-state index in [4.69, 9.17) is 16.3 Å². The number of carboxylic acid groups (broad SMARTS) is 1. The highest BCUT2D eigenvalue weighted by atomic mass is 35.5. The normalized spacial score (nSPS) is 18.3. The van der Waals surface area contributed by atoms with Gasteiger partial charge in [-0.3, -0.25) is 9.69 Å². The lowest BCUT2D eigenvalue weighted by Crippen LogP contribution is -2.49. The smallest absolute Gasteiger partial charge is 0.325 e. The molecule has 136 valence electrons. The average molecular weight is 374 g/mol. The number of halogens is 1. The maximum absolute atomic E-state index is 12.1. The number of fused-ring (bicyclic) bond motifs is 1. The van der Waals surface area contributed by atoms with Gasteiger partial charge in [0, 0.05) is 44.4 Å². The summed E-state index contributed by atoms with van der Waals surface area (Å²) >= 11 is 5.90. The first-order valence-corrected chi connectivity index (χ1v) is 9.09. The number of hydrogen-bond acceptors (Lipinski definition) is 5. The Morgan fingerprint density at radius 2 is 2.00 bits per heavy atom. The van der Waals surface area contributed by atoms with Gasteiger partial charge >= 0.3 is 5.97 Å². The van der Waals surface area contributed by atoms with Crippen LogP contribution < -0.4 is 9.64 Å². The third kappa shape index (κ3) is 3.22. The summed E-state index contributed by atoms with van der Waals surface area (Å²) in [7, 11) is 0. The van der Waals surface area contributed by atoms with E-state index in [1.165, 1.54) is 0 Å². The molecule has 3 heterocycles. The molecule has 2 aliphatic heterocycles. The van der Waals surface area contributed by atoms with Gasteiger partial charge in [0.2, 0.25) is 0 Å². The number of carbonyl (C=O) groups is 1. The summed E-state index contributed by atoms with van der Waals surface area (Å²) < 4.78 is 5.73. The maximum atomic E-state index is 12.1. The molecule has 0 spiro atoms. The molecule has 1 unspecified atom stereocenters. The van der Waals surface area contributed by atoms with Gasteiger partial charge in [0.15, 0.2) is 0 Å². The number of para-hydroxylation sites is 1. The number of ether oxygens (including phenoxy) is 1. The molecule has 1 aromatic carbocycles. The maximum Gasteiger partial charge on any atom is 0.325 e. The van der Waals surface area contributed by atoms with Gasteiger partial charge in [-0.05, 0) is 17.7 Å². The molecule has 0 saturated carbocycles. The van der Waals surface area contributed by atoms with E-state index in [9.17, 15) is 9.90 Å². The molecule has 1 fully saturated rings. The van der Waals surface area contributed by atoms with Gasteiger partial charge in [-0.15, -0.1) is 0 Å². The molecule has 1 atom stereocenters. The highest BCUT2D eigenvalue weighted by Crippen LogP contribution is 2.36. The van der Waals surface area contributed by atoms with Crippen LogP contribution in [0.5, 0.6) is 5.75 Å². The molecular formula is C19H20ClN3O3. The molecule has 2 aliphatic rings. The van der Waals surface area contributed by atoms with Crippen LogP contribution in [-0.2, 0) is 11.2 Å². The molecule has 1 aromatic heterocycles. The number of aromatic nitrogens is 1. The second-order valence-corrected chi connectivity index (χ2v) is 6.97. The molecule has 0 radical (unpaired) electrons. The van der Waals surface area contributed by atoms with Crippen LogP contribution in [-0.4, -0.2) is 53.7 Å². The van der Waals surface area contributed by atoms with Gasteiger partial charge in [-0.25, -0.2) is 4.98 Å². The number of carboxylic acids is 1. The van der Waals surface area contributed by atoms with Crippen LogP contribution in [0.1, 0.15) is 17.2 Å². The molecule has 0 bridgehead atoms. The van der Waals surface area contributed by atoms with Crippen LogP contribution in [0.25, 0.3) is 0 Å². The Kier molecular flexibility index (Phi) is 4.70. The number of nitrogens with zero attached hydrogens (tertiary/aromatic N) is 3. The fraction of sp³-hybridized carbons (Fsp3) is 0.368. The van der Waals surface area contributed by atoms with Crippen molar-refractivity contribution in [2.75, 3.05) is 37.7 Å². The minimum atomic E-state index is -0.841. The van der Waals surface area contributed by atoms with Crippen LogP contribution in [0.2, 0.25) is 5.02 Å². The van der Waals surface area contributed by atoms with Gasteiger partial charge < -0.3 is 14.7 Å². The number of anilines is 1. The topological polar surface area (TPSA) is 65.9 Å². The van der Waals surface area contributed by atoms with Crippen molar-refractivity contribution in [2.24, 2.45) is 0 Å². The lowest BCUT2D eigenvalue weighted by molar-refractivity contribution is -0.143. The molecule has 2 aromatic rings. The largest absolute Gasteiger partial charge is 0.493 e. The van der Waals surface area contributed by atoms with E-state index in [2.05, 4.69) is 9.88 Å². The summed E-state index contributed by atoms with van der Waals surface area (Å²) in [5.41, 5.74) is 1.85. The lowest BCUT2D eigenvalue weighted by atomic mass is 10.00. The monoisotopic (exact) mass is 373 g/mol. The second-order valence-electron chi connectivity index (χ2n) is 6.53. The molecule has 1 saturated heterocycles. The molecule has 7 heteroatoms. The molecule has 26 heavy (non-hydrogen) atoms. The molecular weight excluding hydrogens is 354 g/mol. The van der Waals surface area contributed by atoms with Crippen LogP contribution in [0.15, 0.2) is 36.5 Å². The standard InChI is InChI=1S/C19H20ClN3O3/c20-14-4-5-16(21-12-14)22-7-9-23(10-8-22)17(19(24)25)15-3-1-2-13-6-11-26-18(13)15/h1-5,12,17H,6-11H2,(H,24,25). The zero-order chi connectivity index (χ0) is 18.1. The first-order valence-electron chi connectivity index (χ1n) is 8.71. The van der Waals surface area contributed by atoms with Crippen LogP contribution in [0, 0.1) is 0 Å². The van der Waals surface area contributed by atoms with Crippen molar-refractivity contribution in [3.63, 3.8) is 0 Å². The third-order valence-corrected chi connectivity index (χ3v) is 5.21. The number of benzene rings is 1. The van der Waals surface area contributed by atoms with Gasteiger partial charge in [0.25, 0.3) is 0 Å². The van der Waals surface area contributed by atoms with E-state index in [-0.39, 0.29) is 0 Å². The highest BCUT2D eigenvalue weighted by Gasteiger charge is 2.34. The first-order chi connectivity index (χ1) is 12.6. The van der Waals surface area contributed by atoms with E-state index in [1.807, 2.05) is 35.2 Å². The number of rotatable bonds is 4. The van der Waals surface area contributed by atoms with Gasteiger partial charge in [0.05, 0.1) is 11.6 Å². The summed E-state index contributed by atoms with van der Waals surface area (Å²) in [6.45, 7) is 3.34. The Morgan fingerprint density at radius 3 is 2.69 bits per heavy atom. The Labute approximate surface area is 157 Å². The van der Waals surface area contributed by atoms with Crippen molar-refractivity contribution in [1.82, 2.24) is 9.88 Å². The second kappa shape index (κ2) is 7.13. The minimum Gasteiger partial charge on any atom is -0.493 e. The molecule has 6 nitrogen and oxygen atoms in total. The number of hydrogen-bond donors (Lipinski definition) is 1. The Balaban J connectivity index is 1.52. The zero-order valence-corrected chi connectivity index (χ0v) is 15.0. The number of aliphatic carboxylic acids is 1. The van der Waals surface area contributed by atoms with Crippen molar-refractivity contribution in [1.29, 1.82) is 0 Å². The van der Waals surface area contributed by atoms with Crippen LogP contribution in [0.3, 0.4) is 0 Å². The van der Waals surface area contributed by atoms with Crippen LogP contribution in [0.4, 0.5) is 5.82 Å². The predicted octanol–water partition coefficient (Wildman–Crippen LogP) is 2.62. The van der Waals surface area contributed by atoms with Crippen LogP contribution >= 0.6 is 11.6 Å². The van der Waals surface area contributed by atoms with E-state index in [1.54, 1.807) is 6.20 Å². The van der Waals surface area contributed by atoms with Crippen molar-refractivity contribution in [3.8, 4) is 5.75 Å². The summed E-state index contributed by atoms with van der Waals surface area (Å²) in [5.74, 6) is 0.776. The van der Waals surface area contributed by atoms with E-state index in [0.717, 1.165) is 29.1 Å². The fourth-order valence-electron chi connectivity index (χ4n) is 3.71. The summed E-state index contributed by atoms with van der Waals surface area (Å²) in [4.78, 5) is 20.6. The predicted molar refractivity (Wildman–Crippen MR) is 99.1 cm³/mol. The molecule has 1 N–H and O–H groups in total. The van der Waals surface area contributed by atoms with Crippen molar-refractivity contribution < 1.29 is 14.6 Å². The molecule has 0 aliphatic carbocycles. The average Bonchev–Trinajstić information content (AvgIpc) is 3.13. The van der Waals surface area contributed by atoms with Gasteiger partial charge in [-0.2, -0.15) is 0 Å². The first kappa shape index (κ1) is 17.1.